The van der Waals surface area contributed by atoms with Crippen LogP contribution in [0.1, 0.15) is 45.2 Å². The van der Waals surface area contributed by atoms with Gasteiger partial charge in [0.1, 0.15) is 6.04 Å². The van der Waals surface area contributed by atoms with Gasteiger partial charge in [-0.05, 0) is 51.0 Å². The molecule has 2 aliphatic carbocycles. The Hall–Kier alpha value is 0.139. The number of nitrogens with zero attached hydrogens (tertiary/aromatic N) is 6. The summed E-state index contributed by atoms with van der Waals surface area (Å²) in [6.45, 7) is 3.88. The number of anilines is 1. The first kappa shape index (κ1) is 41.9. The van der Waals surface area contributed by atoms with Gasteiger partial charge in [-0.2, -0.15) is 0 Å². The Labute approximate surface area is 349 Å². The Balaban J connectivity index is 0.000000164. The van der Waals surface area contributed by atoms with Gasteiger partial charge in [-0.25, -0.2) is 38.0 Å². The van der Waals surface area contributed by atoms with E-state index in [0.717, 1.165) is 22.3 Å². The van der Waals surface area contributed by atoms with E-state index in [4.69, 9.17) is 4.74 Å². The molecular weight excluding hydrogens is 1280 g/mol. The van der Waals surface area contributed by atoms with Gasteiger partial charge in [0.15, 0.2) is 0 Å². The summed E-state index contributed by atoms with van der Waals surface area (Å²) >= 11 is 12.1. The molecule has 12 nitrogen and oxygen atoms in total. The van der Waals surface area contributed by atoms with Gasteiger partial charge in [0.25, 0.3) is 0 Å². The van der Waals surface area contributed by atoms with Crippen molar-refractivity contribution in [1.82, 2.24) is 13.9 Å². The molecule has 4 amide bonds. The van der Waals surface area contributed by atoms with Crippen molar-refractivity contribution in [3.8, 4) is 5.69 Å². The molecule has 5 heterocycles. The number of aliphatic hydroxyl groups is 1. The van der Waals surface area contributed by atoms with E-state index in [2.05, 4.69) is 129 Å². The summed E-state index contributed by atoms with van der Waals surface area (Å²) in [6.07, 6.45) is 11.4. The van der Waals surface area contributed by atoms with Crippen LogP contribution in [0.4, 0.5) is 15.3 Å². The first-order chi connectivity index (χ1) is 23.3. The maximum absolute atomic E-state index is 12.7. The van der Waals surface area contributed by atoms with E-state index >= 15 is 0 Å². The summed E-state index contributed by atoms with van der Waals surface area (Å²) in [4.78, 5) is 48.0. The third kappa shape index (κ3) is 10.6. The Morgan fingerprint density at radius 2 is 1.35 bits per heavy atom. The van der Waals surface area contributed by atoms with Gasteiger partial charge in [-0.1, -0.05) is 70.9 Å². The van der Waals surface area contributed by atoms with Crippen molar-refractivity contribution in [2.75, 3.05) is 4.90 Å². The van der Waals surface area contributed by atoms with E-state index in [9.17, 15) is 24.3 Å². The SMILES string of the molecule is CC1(O)CC2C=CC1n1c(=O)n(-c3ccccc3)c(=O)n12.CC12CC=CCC1O2.O=C1N=NC(=O)N1c1ccccc1.[I][V]([I])[I].[I][V][I]. The van der Waals surface area contributed by atoms with Crippen LogP contribution in [0.3, 0.4) is 0 Å². The minimum atomic E-state index is -1.02. The second-order valence-electron chi connectivity index (χ2n) is 11.4. The van der Waals surface area contributed by atoms with Crippen molar-refractivity contribution in [2.45, 2.75) is 62.5 Å². The zero-order valence-electron chi connectivity index (χ0n) is 25.9. The van der Waals surface area contributed by atoms with Gasteiger partial charge in [0.05, 0.1) is 34.7 Å². The number of azo groups is 1. The number of rotatable bonds is 2. The molecule has 2 bridgehead atoms. The van der Waals surface area contributed by atoms with Crippen LogP contribution in [0.15, 0.2) is 105 Å². The number of epoxide rings is 1. The van der Waals surface area contributed by atoms with Crippen molar-refractivity contribution < 1.29 is 33.8 Å². The molecule has 1 aromatic heterocycles. The van der Waals surface area contributed by atoms with E-state index in [0.29, 0.717) is 33.4 Å². The second kappa shape index (κ2) is 18.9. The molecule has 0 spiro atoms. The Bertz CT molecular complexity index is 1810. The summed E-state index contributed by atoms with van der Waals surface area (Å²) in [7, 11) is 0.628. The Kier molecular flexibility index (Phi) is 16.2. The van der Waals surface area contributed by atoms with Crippen LogP contribution in [0.25, 0.3) is 5.69 Å². The van der Waals surface area contributed by atoms with Crippen molar-refractivity contribution in [2.24, 2.45) is 10.2 Å². The zero-order valence-corrected chi connectivity index (χ0v) is 39.5. The molecule has 5 unspecified atom stereocenters. The third-order valence-corrected chi connectivity index (χ3v) is 8.07. The minimum absolute atomic E-state index is 0.259. The number of hydrogen-bond acceptors (Lipinski definition) is 6. The standard InChI is InChI=1S/C15H15N3O3.C8H5N3O2.C7H10O.5HI.2V/c1-15(21)9-11-7-8-12(15)18-14(20)16(13(19)17(11)18)10-5-3-2-4-6-10;12-7-9-10-8(13)11(7)6-4-2-1-3-5-6;1-7-5-3-2-4-6(7)8-7;;;;;;;/h2-8,11-12,21H,9H2,1H3;1-5H;2-3,6H,4-5H2,1H3;5*1H;;/q;;;;;;;;+2;+3/p-5. The first-order valence-electron chi connectivity index (χ1n) is 14.5. The molecular formula is C30H30I5N6O6V2. The molecule has 19 heteroatoms. The number of carbonyl (C=O) groups is 2. The van der Waals surface area contributed by atoms with Gasteiger partial charge in [0, 0.05) is 6.42 Å². The van der Waals surface area contributed by atoms with Crippen molar-refractivity contribution >= 4 is 118 Å². The average molecular weight is 1310 g/mol. The molecule has 261 valence electrons. The van der Waals surface area contributed by atoms with E-state index in [-0.39, 0.29) is 22.3 Å². The van der Waals surface area contributed by atoms with Crippen molar-refractivity contribution in [3.05, 3.63) is 106 Å². The number of urea groups is 2. The number of fused-ring (bicyclic) bond motifs is 2. The first-order valence-corrected chi connectivity index (χ1v) is 37.1. The molecule has 9 rings (SSSR count). The summed E-state index contributed by atoms with van der Waals surface area (Å²) in [5, 5.41) is 16.7. The fourth-order valence-corrected chi connectivity index (χ4v) is 5.75. The summed E-state index contributed by atoms with van der Waals surface area (Å²) < 4.78 is 9.40. The number of halogens is 5. The van der Waals surface area contributed by atoms with Crippen LogP contribution >= 0.6 is 99.9 Å². The molecule has 3 aromatic rings. The van der Waals surface area contributed by atoms with Crippen LogP contribution < -0.4 is 16.3 Å². The molecule has 5 atom stereocenters. The van der Waals surface area contributed by atoms with Crippen LogP contribution in [0.2, 0.25) is 0 Å². The molecule has 6 aliphatic rings. The molecule has 1 N–H and O–H groups in total. The van der Waals surface area contributed by atoms with Crippen molar-refractivity contribution in [1.29, 1.82) is 0 Å². The number of aromatic nitrogens is 3. The number of benzene rings is 2. The van der Waals surface area contributed by atoms with Gasteiger partial charge >= 0.3 is 138 Å². The van der Waals surface area contributed by atoms with Crippen LogP contribution in [-0.4, -0.2) is 48.4 Å². The molecule has 1 saturated heterocycles. The van der Waals surface area contributed by atoms with Crippen LogP contribution in [-0.2, 0) is 19.1 Å². The fraction of sp³-hybridized carbons (Fsp3) is 0.333. The monoisotopic (exact) mass is 1310 g/mol. The molecule has 49 heavy (non-hydrogen) atoms. The number of hydrogen-bond donors (Lipinski definition) is 1. The topological polar surface area (TPSA) is 144 Å². The Morgan fingerprint density at radius 3 is 1.82 bits per heavy atom. The number of imide groups is 1. The zero-order chi connectivity index (χ0) is 35.9. The van der Waals surface area contributed by atoms with Gasteiger partial charge in [0.2, 0.25) is 0 Å². The molecule has 0 radical (unpaired) electrons. The number of para-hydroxylation sites is 2. The molecule has 1 fully saturated rings. The fourth-order valence-electron chi connectivity index (χ4n) is 5.75. The molecule has 4 aliphatic heterocycles. The van der Waals surface area contributed by atoms with E-state index < -0.39 is 29.4 Å². The number of allylic oxidation sites excluding steroid dienone is 1. The summed E-state index contributed by atoms with van der Waals surface area (Å²) in [6, 6.07) is 15.3. The van der Waals surface area contributed by atoms with E-state index in [1.807, 2.05) is 18.2 Å². The second-order valence-corrected chi connectivity index (χ2v) is 58.6. The molecule has 0 saturated carbocycles. The van der Waals surface area contributed by atoms with Crippen molar-refractivity contribution in [3.63, 3.8) is 0 Å². The Morgan fingerprint density at radius 1 is 0.837 bits per heavy atom. The summed E-state index contributed by atoms with van der Waals surface area (Å²) in [5.74, 6) is 0. The van der Waals surface area contributed by atoms with Gasteiger partial charge in [-0.3, -0.25) is 0 Å². The summed E-state index contributed by atoms with van der Waals surface area (Å²) in [5.41, 5.74) is -0.497. The number of amides is 4. The average Bonchev–Trinajstić information content (AvgIpc) is 3.54. The number of ether oxygens (including phenoxy) is 1. The predicted octanol–water partition coefficient (Wildman–Crippen LogP) is 8.72. The van der Waals surface area contributed by atoms with Crippen LogP contribution in [0.5, 0.6) is 0 Å². The van der Waals surface area contributed by atoms with Crippen LogP contribution in [0, 0.1) is 0 Å². The normalized spacial score (nSPS) is 26.1. The van der Waals surface area contributed by atoms with E-state index in [1.165, 1.54) is 9.36 Å². The number of carbonyl (C=O) groups excluding carboxylic acids is 2. The quantitative estimate of drug-likeness (QED) is 0.155. The van der Waals surface area contributed by atoms with E-state index in [1.54, 1.807) is 61.5 Å². The predicted molar refractivity (Wildman–Crippen MR) is 223 cm³/mol. The molecule has 2 aromatic carbocycles. The van der Waals surface area contributed by atoms with Gasteiger partial charge in [-0.15, -0.1) is 0 Å². The third-order valence-electron chi connectivity index (χ3n) is 8.07. The van der Waals surface area contributed by atoms with Gasteiger partial charge < -0.3 is 9.84 Å². The maximum atomic E-state index is 12.7.